The van der Waals surface area contributed by atoms with Gasteiger partial charge in [0.15, 0.2) is 0 Å². The number of urea groups is 1. The number of para-hydroxylation sites is 1. The third-order valence-electron chi connectivity index (χ3n) is 5.90. The number of aromatic nitrogens is 2. The zero-order valence-electron chi connectivity index (χ0n) is 17.0. The Balaban J connectivity index is 1.35. The maximum Gasteiger partial charge on any atom is 0.323 e. The summed E-state index contributed by atoms with van der Waals surface area (Å²) in [6, 6.07) is 11.5. The van der Waals surface area contributed by atoms with Crippen LogP contribution >= 0.6 is 0 Å². The van der Waals surface area contributed by atoms with Gasteiger partial charge in [-0.15, -0.1) is 0 Å². The Morgan fingerprint density at radius 1 is 0.966 bits per heavy atom. The summed E-state index contributed by atoms with van der Waals surface area (Å²) in [6.07, 6.45) is 5.60. The summed E-state index contributed by atoms with van der Waals surface area (Å²) in [5.74, 6) is 1.12. The van der Waals surface area contributed by atoms with Crippen LogP contribution in [0.2, 0.25) is 0 Å². The van der Waals surface area contributed by atoms with E-state index in [1.807, 2.05) is 48.2 Å². The van der Waals surface area contributed by atoms with Crippen LogP contribution in [0, 0.1) is 12.8 Å². The monoisotopic (exact) mass is 395 g/mol. The number of anilines is 1. The molecule has 2 heterocycles. The Morgan fingerprint density at radius 2 is 1.62 bits per heavy atom. The highest BCUT2D eigenvalue weighted by Crippen LogP contribution is 2.26. The standard InChI is InChI=1S/C22H29N5O2/c1-17-16-20(27(24-17)19-10-6-3-7-11-19)23-22(29)26-14-12-25(13-15-26)21(28)18-8-4-2-5-9-18/h3,6-7,10-11,16,18H,2,4-5,8-9,12-15H2,1H3,(H,23,29). The lowest BCUT2D eigenvalue weighted by Crippen LogP contribution is -2.53. The lowest BCUT2D eigenvalue weighted by molar-refractivity contribution is -0.138. The molecule has 0 spiro atoms. The van der Waals surface area contributed by atoms with Crippen LogP contribution in [0.5, 0.6) is 0 Å². The van der Waals surface area contributed by atoms with Gasteiger partial charge in [0.1, 0.15) is 5.82 Å². The van der Waals surface area contributed by atoms with Gasteiger partial charge >= 0.3 is 6.03 Å². The molecule has 154 valence electrons. The first-order chi connectivity index (χ1) is 14.1. The minimum Gasteiger partial charge on any atom is -0.339 e. The van der Waals surface area contributed by atoms with Gasteiger partial charge in [-0.1, -0.05) is 37.5 Å². The van der Waals surface area contributed by atoms with Crippen molar-refractivity contribution in [2.75, 3.05) is 31.5 Å². The van der Waals surface area contributed by atoms with Gasteiger partial charge in [-0.25, -0.2) is 9.48 Å². The number of nitrogens with zero attached hydrogens (tertiary/aromatic N) is 4. The summed E-state index contributed by atoms with van der Waals surface area (Å²) in [4.78, 5) is 29.3. The van der Waals surface area contributed by atoms with Crippen molar-refractivity contribution in [2.45, 2.75) is 39.0 Å². The highest BCUT2D eigenvalue weighted by Gasteiger charge is 2.30. The van der Waals surface area contributed by atoms with E-state index in [4.69, 9.17) is 0 Å². The summed E-state index contributed by atoms with van der Waals surface area (Å²) in [5, 5.41) is 7.49. The number of benzene rings is 1. The molecule has 2 aromatic rings. The van der Waals surface area contributed by atoms with E-state index in [1.165, 1.54) is 6.42 Å². The SMILES string of the molecule is Cc1cc(NC(=O)N2CCN(C(=O)C3CCCCC3)CC2)n(-c2ccccc2)n1. The number of rotatable bonds is 3. The molecular formula is C22H29N5O2. The second-order valence-electron chi connectivity index (χ2n) is 8.00. The van der Waals surface area contributed by atoms with Gasteiger partial charge in [-0.2, -0.15) is 5.10 Å². The molecule has 1 aliphatic heterocycles. The van der Waals surface area contributed by atoms with Crippen molar-refractivity contribution >= 4 is 17.8 Å². The average Bonchev–Trinajstić information content (AvgIpc) is 3.14. The van der Waals surface area contributed by atoms with Crippen molar-refractivity contribution < 1.29 is 9.59 Å². The van der Waals surface area contributed by atoms with Gasteiger partial charge < -0.3 is 9.80 Å². The average molecular weight is 396 g/mol. The van der Waals surface area contributed by atoms with Gasteiger partial charge in [-0.3, -0.25) is 10.1 Å². The highest BCUT2D eigenvalue weighted by atomic mass is 16.2. The predicted molar refractivity (Wildman–Crippen MR) is 112 cm³/mol. The normalized spacial score (nSPS) is 18.0. The lowest BCUT2D eigenvalue weighted by atomic mass is 9.88. The highest BCUT2D eigenvalue weighted by molar-refractivity contribution is 5.89. The summed E-state index contributed by atoms with van der Waals surface area (Å²) in [6.45, 7) is 4.25. The maximum atomic E-state index is 12.8. The van der Waals surface area contributed by atoms with Crippen LogP contribution in [0.25, 0.3) is 5.69 Å². The lowest BCUT2D eigenvalue weighted by Gasteiger charge is -2.37. The van der Waals surface area contributed by atoms with Crippen LogP contribution in [0.1, 0.15) is 37.8 Å². The fourth-order valence-electron chi connectivity index (χ4n) is 4.28. The first kappa shape index (κ1) is 19.5. The third kappa shape index (κ3) is 4.44. The molecule has 4 rings (SSSR count). The zero-order chi connectivity index (χ0) is 20.2. The van der Waals surface area contributed by atoms with Crippen LogP contribution < -0.4 is 5.32 Å². The summed E-state index contributed by atoms with van der Waals surface area (Å²) >= 11 is 0. The molecule has 7 nitrogen and oxygen atoms in total. The third-order valence-corrected chi connectivity index (χ3v) is 5.90. The second kappa shape index (κ2) is 8.68. The van der Waals surface area contributed by atoms with E-state index < -0.39 is 0 Å². The molecule has 2 fully saturated rings. The van der Waals surface area contributed by atoms with Gasteiger partial charge in [-0.05, 0) is 31.9 Å². The first-order valence-electron chi connectivity index (χ1n) is 10.6. The molecule has 0 radical (unpaired) electrons. The van der Waals surface area contributed by atoms with Crippen LogP contribution in [-0.4, -0.2) is 57.7 Å². The molecule has 1 aliphatic carbocycles. The molecule has 29 heavy (non-hydrogen) atoms. The van der Waals surface area contributed by atoms with Crippen LogP contribution in [-0.2, 0) is 4.79 Å². The van der Waals surface area contributed by atoms with Crippen molar-refractivity contribution in [3.8, 4) is 5.69 Å². The fourth-order valence-corrected chi connectivity index (χ4v) is 4.28. The van der Waals surface area contributed by atoms with Gasteiger partial charge in [0.25, 0.3) is 0 Å². The summed E-state index contributed by atoms with van der Waals surface area (Å²) in [7, 11) is 0. The van der Waals surface area contributed by atoms with Crippen molar-refractivity contribution in [1.82, 2.24) is 19.6 Å². The van der Waals surface area contributed by atoms with Crippen LogP contribution in [0.15, 0.2) is 36.4 Å². The predicted octanol–water partition coefficient (Wildman–Crippen LogP) is 3.44. The quantitative estimate of drug-likeness (QED) is 0.865. The van der Waals surface area contributed by atoms with E-state index in [-0.39, 0.29) is 17.9 Å². The molecule has 1 N–H and O–H groups in total. The topological polar surface area (TPSA) is 70.5 Å². The number of amides is 3. The number of hydrogen-bond donors (Lipinski definition) is 1. The Morgan fingerprint density at radius 3 is 2.31 bits per heavy atom. The minimum absolute atomic E-state index is 0.146. The molecule has 0 atom stereocenters. The number of hydrogen-bond acceptors (Lipinski definition) is 3. The molecule has 2 aliphatic rings. The second-order valence-corrected chi connectivity index (χ2v) is 8.00. The van der Waals surface area contributed by atoms with Crippen molar-refractivity contribution in [3.05, 3.63) is 42.1 Å². The number of carbonyl (C=O) groups excluding carboxylic acids is 2. The van der Waals surface area contributed by atoms with Gasteiger partial charge in [0.05, 0.1) is 11.4 Å². The zero-order valence-corrected chi connectivity index (χ0v) is 17.0. The first-order valence-corrected chi connectivity index (χ1v) is 10.6. The Hall–Kier alpha value is -2.83. The Kier molecular flexibility index (Phi) is 5.83. The molecule has 3 amide bonds. The molecular weight excluding hydrogens is 366 g/mol. The molecule has 1 aromatic carbocycles. The smallest absolute Gasteiger partial charge is 0.323 e. The molecule has 1 aromatic heterocycles. The van der Waals surface area contributed by atoms with Crippen molar-refractivity contribution in [3.63, 3.8) is 0 Å². The van der Waals surface area contributed by atoms with Crippen molar-refractivity contribution in [1.29, 1.82) is 0 Å². The van der Waals surface area contributed by atoms with E-state index >= 15 is 0 Å². The molecule has 1 saturated heterocycles. The molecule has 0 bridgehead atoms. The van der Waals surface area contributed by atoms with Gasteiger partial charge in [0.2, 0.25) is 5.91 Å². The van der Waals surface area contributed by atoms with Crippen LogP contribution in [0.3, 0.4) is 0 Å². The van der Waals surface area contributed by atoms with E-state index in [1.54, 1.807) is 9.58 Å². The van der Waals surface area contributed by atoms with E-state index in [2.05, 4.69) is 10.4 Å². The summed E-state index contributed by atoms with van der Waals surface area (Å²) in [5.41, 5.74) is 1.74. The van der Waals surface area contributed by atoms with Crippen molar-refractivity contribution in [2.24, 2.45) is 5.92 Å². The van der Waals surface area contributed by atoms with E-state index in [0.29, 0.717) is 32.0 Å². The molecule has 7 heteroatoms. The number of piperazine rings is 1. The number of carbonyl (C=O) groups is 2. The number of nitrogens with one attached hydrogen (secondary N) is 1. The van der Waals surface area contributed by atoms with Gasteiger partial charge in [0, 0.05) is 38.2 Å². The Bertz CT molecular complexity index is 849. The maximum absolute atomic E-state index is 12.8. The fraction of sp³-hybridized carbons (Fsp3) is 0.500. The number of aryl methyl sites for hydroxylation is 1. The largest absolute Gasteiger partial charge is 0.339 e. The van der Waals surface area contributed by atoms with E-state index in [0.717, 1.165) is 37.1 Å². The van der Waals surface area contributed by atoms with E-state index in [9.17, 15) is 9.59 Å². The Labute approximate surface area is 171 Å². The summed E-state index contributed by atoms with van der Waals surface area (Å²) < 4.78 is 1.75. The van der Waals surface area contributed by atoms with Crippen LogP contribution in [0.4, 0.5) is 10.6 Å². The molecule has 0 unspecified atom stereocenters. The molecule has 1 saturated carbocycles. The minimum atomic E-state index is -0.146.